The molecule has 0 bridgehead atoms. The molecule has 4 aromatic rings. The van der Waals surface area contributed by atoms with Crippen molar-refractivity contribution in [1.82, 2.24) is 25.0 Å². The van der Waals surface area contributed by atoms with Crippen LogP contribution in [0.5, 0.6) is 23.1 Å². The quantitative estimate of drug-likeness (QED) is 0.416. The van der Waals surface area contributed by atoms with Crippen molar-refractivity contribution in [3.05, 3.63) is 54.4 Å². The van der Waals surface area contributed by atoms with Crippen LogP contribution in [-0.4, -0.2) is 45.1 Å². The van der Waals surface area contributed by atoms with Gasteiger partial charge in [0.1, 0.15) is 12.9 Å². The van der Waals surface area contributed by atoms with E-state index in [0.717, 1.165) is 5.69 Å². The van der Waals surface area contributed by atoms with Gasteiger partial charge in [-0.05, 0) is 24.1 Å². The van der Waals surface area contributed by atoms with Gasteiger partial charge in [-0.2, -0.15) is 0 Å². The highest BCUT2D eigenvalue weighted by molar-refractivity contribution is 5.90. The number of hydrogen-bond donors (Lipinski definition) is 1. The van der Waals surface area contributed by atoms with Crippen LogP contribution in [0.25, 0.3) is 10.9 Å². The summed E-state index contributed by atoms with van der Waals surface area (Å²) in [6.07, 6.45) is 3.02. The standard InChI is InChI=1S/C23H23FN6O4/c1-13(2)18-10-30(29-28-18)11-22(31)27-14-5-6-19(16(24)7-14)34-23-15-8-20(32-3)21(33-4)9-17(15)25-12-26-23/h5-10,12-13H,11H2,1-4H3,(H,27,31). The van der Waals surface area contributed by atoms with Crippen molar-refractivity contribution in [3.63, 3.8) is 0 Å². The first kappa shape index (κ1) is 22.9. The van der Waals surface area contributed by atoms with E-state index in [1.54, 1.807) is 18.3 Å². The predicted molar refractivity (Wildman–Crippen MR) is 122 cm³/mol. The highest BCUT2D eigenvalue weighted by atomic mass is 19.1. The Morgan fingerprint density at radius 3 is 2.53 bits per heavy atom. The predicted octanol–water partition coefficient (Wildman–Crippen LogP) is 3.93. The molecule has 0 aliphatic heterocycles. The molecule has 0 aliphatic rings. The monoisotopic (exact) mass is 466 g/mol. The van der Waals surface area contributed by atoms with Crippen molar-refractivity contribution in [2.75, 3.05) is 19.5 Å². The number of hydrogen-bond acceptors (Lipinski definition) is 8. The molecule has 0 aliphatic carbocycles. The summed E-state index contributed by atoms with van der Waals surface area (Å²) in [6, 6.07) is 7.44. The third-order valence-corrected chi connectivity index (χ3v) is 4.98. The van der Waals surface area contributed by atoms with E-state index in [-0.39, 0.29) is 35.7 Å². The molecule has 0 saturated carbocycles. The number of anilines is 1. The van der Waals surface area contributed by atoms with Gasteiger partial charge in [0.05, 0.1) is 30.8 Å². The van der Waals surface area contributed by atoms with E-state index in [9.17, 15) is 9.18 Å². The van der Waals surface area contributed by atoms with Gasteiger partial charge in [0, 0.05) is 24.0 Å². The first-order valence-corrected chi connectivity index (χ1v) is 10.4. The lowest BCUT2D eigenvalue weighted by molar-refractivity contribution is -0.116. The van der Waals surface area contributed by atoms with Crippen molar-refractivity contribution in [2.45, 2.75) is 26.3 Å². The van der Waals surface area contributed by atoms with Gasteiger partial charge in [0.2, 0.25) is 11.8 Å². The van der Waals surface area contributed by atoms with Gasteiger partial charge >= 0.3 is 0 Å². The number of carbonyl (C=O) groups is 1. The van der Waals surface area contributed by atoms with Gasteiger partial charge in [-0.1, -0.05) is 19.1 Å². The third kappa shape index (κ3) is 4.87. The first-order chi connectivity index (χ1) is 16.4. The molecule has 2 heterocycles. The molecule has 0 unspecified atom stereocenters. The molecule has 1 N–H and O–H groups in total. The van der Waals surface area contributed by atoms with Crippen LogP contribution >= 0.6 is 0 Å². The van der Waals surface area contributed by atoms with Crippen LogP contribution in [0.4, 0.5) is 10.1 Å². The summed E-state index contributed by atoms with van der Waals surface area (Å²) in [5.74, 6) is 0.204. The number of nitrogens with zero attached hydrogens (tertiary/aromatic N) is 5. The van der Waals surface area contributed by atoms with Crippen LogP contribution in [0.15, 0.2) is 42.9 Å². The molecular formula is C23H23FN6O4. The van der Waals surface area contributed by atoms with E-state index < -0.39 is 5.82 Å². The second-order valence-corrected chi connectivity index (χ2v) is 7.69. The Hall–Kier alpha value is -4.28. The zero-order valence-electron chi connectivity index (χ0n) is 19.1. The lowest BCUT2D eigenvalue weighted by atomic mass is 10.2. The van der Waals surface area contributed by atoms with Crippen molar-refractivity contribution < 1.29 is 23.4 Å². The molecule has 34 heavy (non-hydrogen) atoms. The normalized spacial score (nSPS) is 11.0. The number of nitrogens with one attached hydrogen (secondary N) is 1. The zero-order chi connectivity index (χ0) is 24.2. The van der Waals surface area contributed by atoms with Crippen LogP contribution in [0.2, 0.25) is 0 Å². The number of amides is 1. The zero-order valence-corrected chi connectivity index (χ0v) is 19.1. The maximum Gasteiger partial charge on any atom is 0.246 e. The molecule has 0 saturated heterocycles. The molecule has 4 rings (SSSR count). The molecule has 0 atom stereocenters. The summed E-state index contributed by atoms with van der Waals surface area (Å²) in [5, 5.41) is 11.1. The average molecular weight is 466 g/mol. The van der Waals surface area contributed by atoms with Crippen molar-refractivity contribution in [3.8, 4) is 23.1 Å². The van der Waals surface area contributed by atoms with E-state index >= 15 is 0 Å². The summed E-state index contributed by atoms with van der Waals surface area (Å²) in [6.45, 7) is 3.93. The number of methoxy groups -OCH3 is 2. The molecule has 0 fully saturated rings. The van der Waals surface area contributed by atoms with E-state index in [0.29, 0.717) is 22.4 Å². The fourth-order valence-corrected chi connectivity index (χ4v) is 3.21. The summed E-state index contributed by atoms with van der Waals surface area (Å²) in [7, 11) is 3.03. The number of halogens is 1. The highest BCUT2D eigenvalue weighted by Gasteiger charge is 2.15. The van der Waals surface area contributed by atoms with E-state index in [2.05, 4.69) is 25.6 Å². The lowest BCUT2D eigenvalue weighted by Gasteiger charge is -2.12. The largest absolute Gasteiger partial charge is 0.493 e. The number of benzene rings is 2. The topological polar surface area (TPSA) is 113 Å². The molecule has 10 nitrogen and oxygen atoms in total. The van der Waals surface area contributed by atoms with Crippen molar-refractivity contribution >= 4 is 22.5 Å². The van der Waals surface area contributed by atoms with Crippen molar-refractivity contribution in [2.24, 2.45) is 0 Å². The smallest absolute Gasteiger partial charge is 0.246 e. The summed E-state index contributed by atoms with van der Waals surface area (Å²) in [4.78, 5) is 20.6. The molecule has 176 valence electrons. The summed E-state index contributed by atoms with van der Waals surface area (Å²) >= 11 is 0. The van der Waals surface area contributed by atoms with Gasteiger partial charge in [0.15, 0.2) is 23.1 Å². The van der Waals surface area contributed by atoms with Crippen LogP contribution in [-0.2, 0) is 11.3 Å². The number of fused-ring (bicyclic) bond motifs is 1. The summed E-state index contributed by atoms with van der Waals surface area (Å²) in [5.41, 5.74) is 1.60. The molecule has 2 aromatic carbocycles. The molecule has 0 spiro atoms. The minimum Gasteiger partial charge on any atom is -0.493 e. The second kappa shape index (κ2) is 9.69. The van der Waals surface area contributed by atoms with Crippen LogP contribution in [0.1, 0.15) is 25.5 Å². The Labute approximate surface area is 194 Å². The maximum absolute atomic E-state index is 14.8. The van der Waals surface area contributed by atoms with E-state index in [4.69, 9.17) is 14.2 Å². The number of rotatable bonds is 8. The SMILES string of the molecule is COc1cc2ncnc(Oc3ccc(NC(=O)Cn4cc(C(C)C)nn4)cc3F)c2cc1OC. The van der Waals surface area contributed by atoms with Gasteiger partial charge in [-0.25, -0.2) is 19.0 Å². The van der Waals surface area contributed by atoms with Crippen molar-refractivity contribution in [1.29, 1.82) is 0 Å². The van der Waals surface area contributed by atoms with Crippen LogP contribution in [0.3, 0.4) is 0 Å². The van der Waals surface area contributed by atoms with Crippen LogP contribution in [0, 0.1) is 5.82 Å². The Morgan fingerprint density at radius 2 is 1.85 bits per heavy atom. The number of aromatic nitrogens is 5. The third-order valence-electron chi connectivity index (χ3n) is 4.98. The average Bonchev–Trinajstić information content (AvgIpc) is 3.28. The Kier molecular flexibility index (Phi) is 6.53. The summed E-state index contributed by atoms with van der Waals surface area (Å²) < 4.78 is 32.5. The van der Waals surface area contributed by atoms with Gasteiger partial charge in [0.25, 0.3) is 0 Å². The molecule has 2 aromatic heterocycles. The van der Waals surface area contributed by atoms with Gasteiger partial charge in [-0.15, -0.1) is 5.10 Å². The van der Waals surface area contributed by atoms with E-state index in [1.165, 1.54) is 43.4 Å². The molecule has 0 radical (unpaired) electrons. The Balaban J connectivity index is 1.50. The number of carbonyl (C=O) groups excluding carboxylic acids is 1. The Bertz CT molecular complexity index is 1340. The minimum atomic E-state index is -0.673. The van der Waals surface area contributed by atoms with Crippen LogP contribution < -0.4 is 19.5 Å². The molecule has 1 amide bonds. The fourth-order valence-electron chi connectivity index (χ4n) is 3.21. The minimum absolute atomic E-state index is 0.0438. The second-order valence-electron chi connectivity index (χ2n) is 7.69. The maximum atomic E-state index is 14.8. The van der Waals surface area contributed by atoms with E-state index in [1.807, 2.05) is 13.8 Å². The lowest BCUT2D eigenvalue weighted by Crippen LogP contribution is -2.19. The molecule has 11 heteroatoms. The van der Waals surface area contributed by atoms with Gasteiger partial charge in [-0.3, -0.25) is 4.79 Å². The number of ether oxygens (including phenoxy) is 3. The fraction of sp³-hybridized carbons (Fsp3) is 0.261. The van der Waals surface area contributed by atoms with Gasteiger partial charge < -0.3 is 19.5 Å². The first-order valence-electron chi connectivity index (χ1n) is 10.4. The highest BCUT2D eigenvalue weighted by Crippen LogP contribution is 2.36. The Morgan fingerprint density at radius 1 is 1.09 bits per heavy atom. The molecular weight excluding hydrogens is 443 g/mol.